The first kappa shape index (κ1) is 14.4. The number of rotatable bonds is 3. The van der Waals surface area contributed by atoms with E-state index in [1.807, 2.05) is 13.0 Å². The molecule has 2 aromatic rings. The fourth-order valence-corrected chi connectivity index (χ4v) is 3.35. The van der Waals surface area contributed by atoms with Gasteiger partial charge in [-0.15, -0.1) is 0 Å². The largest absolute Gasteiger partial charge is 0.279 e. The molecule has 19 heavy (non-hydrogen) atoms. The van der Waals surface area contributed by atoms with E-state index in [-0.39, 0.29) is 4.90 Å². The number of halogens is 2. The van der Waals surface area contributed by atoms with E-state index in [1.165, 1.54) is 12.1 Å². The summed E-state index contributed by atoms with van der Waals surface area (Å²) in [6.45, 7) is 1.83. The highest BCUT2D eigenvalue weighted by Gasteiger charge is 2.15. The Morgan fingerprint density at radius 1 is 1.16 bits per heavy atom. The maximum atomic E-state index is 12.2. The first-order valence-corrected chi connectivity index (χ1v) is 8.09. The number of benzene rings is 2. The molecule has 0 aliphatic carbocycles. The SMILES string of the molecule is Cc1c(Br)cccc1NS(=O)(=O)c1cccc(Cl)c1. The van der Waals surface area contributed by atoms with E-state index in [2.05, 4.69) is 20.7 Å². The number of nitrogens with one attached hydrogen (secondary N) is 1. The van der Waals surface area contributed by atoms with E-state index < -0.39 is 10.0 Å². The van der Waals surface area contributed by atoms with E-state index >= 15 is 0 Å². The second-order valence-electron chi connectivity index (χ2n) is 3.98. The van der Waals surface area contributed by atoms with Gasteiger partial charge in [0.15, 0.2) is 0 Å². The molecule has 0 aliphatic heterocycles. The Kier molecular flexibility index (Phi) is 4.18. The van der Waals surface area contributed by atoms with E-state index in [1.54, 1.807) is 24.3 Å². The zero-order valence-corrected chi connectivity index (χ0v) is 13.2. The second-order valence-corrected chi connectivity index (χ2v) is 6.95. The molecule has 2 rings (SSSR count). The molecule has 0 amide bonds. The van der Waals surface area contributed by atoms with E-state index in [4.69, 9.17) is 11.6 Å². The van der Waals surface area contributed by atoms with Crippen molar-refractivity contribution >= 4 is 43.2 Å². The van der Waals surface area contributed by atoms with Gasteiger partial charge >= 0.3 is 0 Å². The molecule has 0 spiro atoms. The quantitative estimate of drug-likeness (QED) is 0.891. The van der Waals surface area contributed by atoms with Gasteiger partial charge in [-0.25, -0.2) is 8.42 Å². The average molecular weight is 361 g/mol. The lowest BCUT2D eigenvalue weighted by Gasteiger charge is -2.11. The van der Waals surface area contributed by atoms with Crippen molar-refractivity contribution in [2.24, 2.45) is 0 Å². The highest BCUT2D eigenvalue weighted by molar-refractivity contribution is 9.10. The summed E-state index contributed by atoms with van der Waals surface area (Å²) in [6, 6.07) is 11.5. The third kappa shape index (κ3) is 3.29. The Morgan fingerprint density at radius 3 is 2.53 bits per heavy atom. The van der Waals surface area contributed by atoms with Gasteiger partial charge in [0.25, 0.3) is 10.0 Å². The molecule has 100 valence electrons. The topological polar surface area (TPSA) is 46.2 Å². The predicted molar refractivity (Wildman–Crippen MR) is 81.1 cm³/mol. The minimum atomic E-state index is -3.63. The summed E-state index contributed by atoms with van der Waals surface area (Å²) in [5, 5.41) is 0.383. The Labute approximate surface area is 125 Å². The maximum Gasteiger partial charge on any atom is 0.261 e. The van der Waals surface area contributed by atoms with Crippen molar-refractivity contribution in [2.45, 2.75) is 11.8 Å². The molecular weight excluding hydrogens is 350 g/mol. The lowest BCUT2D eigenvalue weighted by atomic mass is 10.2. The molecule has 0 saturated heterocycles. The van der Waals surface area contributed by atoms with Crippen LogP contribution in [-0.2, 0) is 10.0 Å². The van der Waals surface area contributed by atoms with Gasteiger partial charge in [0.1, 0.15) is 0 Å². The molecule has 0 unspecified atom stereocenters. The summed E-state index contributed by atoms with van der Waals surface area (Å²) in [4.78, 5) is 0.138. The predicted octanol–water partition coefficient (Wildman–Crippen LogP) is 4.21. The van der Waals surface area contributed by atoms with Crippen molar-refractivity contribution in [1.82, 2.24) is 0 Å². The average Bonchev–Trinajstić information content (AvgIpc) is 2.35. The minimum absolute atomic E-state index is 0.138. The van der Waals surface area contributed by atoms with Crippen molar-refractivity contribution in [3.8, 4) is 0 Å². The zero-order chi connectivity index (χ0) is 14.0. The van der Waals surface area contributed by atoms with Gasteiger partial charge in [-0.1, -0.05) is 39.7 Å². The number of anilines is 1. The fourth-order valence-electron chi connectivity index (χ4n) is 1.56. The van der Waals surface area contributed by atoms with Crippen LogP contribution in [0.3, 0.4) is 0 Å². The van der Waals surface area contributed by atoms with Crippen LogP contribution in [0.5, 0.6) is 0 Å². The van der Waals surface area contributed by atoms with Crippen LogP contribution in [0.2, 0.25) is 5.02 Å². The number of hydrogen-bond acceptors (Lipinski definition) is 2. The van der Waals surface area contributed by atoms with Gasteiger partial charge in [-0.2, -0.15) is 0 Å². The lowest BCUT2D eigenvalue weighted by molar-refractivity contribution is 0.601. The Bertz CT molecular complexity index is 716. The van der Waals surface area contributed by atoms with Crippen LogP contribution in [0.4, 0.5) is 5.69 Å². The molecule has 0 saturated carbocycles. The van der Waals surface area contributed by atoms with E-state index in [0.717, 1.165) is 10.0 Å². The summed E-state index contributed by atoms with van der Waals surface area (Å²) in [5.41, 5.74) is 1.36. The van der Waals surface area contributed by atoms with Gasteiger partial charge in [0.2, 0.25) is 0 Å². The molecule has 0 heterocycles. The third-order valence-electron chi connectivity index (χ3n) is 2.62. The van der Waals surface area contributed by atoms with E-state index in [0.29, 0.717) is 10.7 Å². The van der Waals surface area contributed by atoms with Crippen LogP contribution in [0.25, 0.3) is 0 Å². The highest BCUT2D eigenvalue weighted by atomic mass is 79.9. The van der Waals surface area contributed by atoms with Crippen LogP contribution in [0.15, 0.2) is 51.8 Å². The Balaban J connectivity index is 2.39. The van der Waals surface area contributed by atoms with Crippen LogP contribution in [0, 0.1) is 6.92 Å². The fraction of sp³-hybridized carbons (Fsp3) is 0.0769. The molecule has 0 fully saturated rings. The first-order valence-electron chi connectivity index (χ1n) is 5.43. The summed E-state index contributed by atoms with van der Waals surface area (Å²) < 4.78 is 27.9. The number of hydrogen-bond donors (Lipinski definition) is 1. The Hall–Kier alpha value is -1.04. The van der Waals surface area contributed by atoms with Gasteiger partial charge in [-0.05, 0) is 42.8 Å². The molecule has 0 radical (unpaired) electrons. The zero-order valence-electron chi connectivity index (χ0n) is 10.0. The highest BCUT2D eigenvalue weighted by Crippen LogP contribution is 2.26. The van der Waals surface area contributed by atoms with Crippen LogP contribution in [-0.4, -0.2) is 8.42 Å². The van der Waals surface area contributed by atoms with Gasteiger partial charge in [0.05, 0.1) is 10.6 Å². The summed E-state index contributed by atoms with van der Waals surface area (Å²) >= 11 is 9.18. The molecule has 0 bridgehead atoms. The molecular formula is C13H11BrClNO2S. The van der Waals surface area contributed by atoms with Crippen molar-refractivity contribution in [3.05, 3.63) is 57.5 Å². The van der Waals surface area contributed by atoms with Crippen molar-refractivity contribution in [3.63, 3.8) is 0 Å². The summed E-state index contributed by atoms with van der Waals surface area (Å²) in [5.74, 6) is 0. The normalized spacial score (nSPS) is 11.3. The van der Waals surface area contributed by atoms with Crippen LogP contribution >= 0.6 is 27.5 Å². The smallest absolute Gasteiger partial charge is 0.261 e. The monoisotopic (exact) mass is 359 g/mol. The molecule has 0 aromatic heterocycles. The van der Waals surface area contributed by atoms with Crippen molar-refractivity contribution in [1.29, 1.82) is 0 Å². The minimum Gasteiger partial charge on any atom is -0.279 e. The molecule has 0 aliphatic rings. The summed E-state index contributed by atoms with van der Waals surface area (Å²) in [7, 11) is -3.63. The Morgan fingerprint density at radius 2 is 1.84 bits per heavy atom. The molecule has 0 atom stereocenters. The van der Waals surface area contributed by atoms with Crippen LogP contribution in [0.1, 0.15) is 5.56 Å². The summed E-state index contributed by atoms with van der Waals surface area (Å²) in [6.07, 6.45) is 0. The second kappa shape index (κ2) is 5.53. The van der Waals surface area contributed by atoms with Gasteiger partial charge in [0, 0.05) is 9.50 Å². The molecule has 1 N–H and O–H groups in total. The van der Waals surface area contributed by atoms with Crippen LogP contribution < -0.4 is 4.72 Å². The first-order chi connectivity index (χ1) is 8.90. The lowest BCUT2D eigenvalue weighted by Crippen LogP contribution is -2.13. The standard InChI is InChI=1S/C13H11BrClNO2S/c1-9-12(14)6-3-7-13(9)16-19(17,18)11-5-2-4-10(15)8-11/h2-8,16H,1H3. The third-order valence-corrected chi connectivity index (χ3v) is 5.08. The van der Waals surface area contributed by atoms with E-state index in [9.17, 15) is 8.42 Å². The van der Waals surface area contributed by atoms with Crippen molar-refractivity contribution < 1.29 is 8.42 Å². The molecule has 6 heteroatoms. The van der Waals surface area contributed by atoms with Gasteiger partial charge in [-0.3, -0.25) is 4.72 Å². The van der Waals surface area contributed by atoms with Gasteiger partial charge < -0.3 is 0 Å². The maximum absolute atomic E-state index is 12.2. The number of sulfonamides is 1. The van der Waals surface area contributed by atoms with Crippen molar-refractivity contribution in [2.75, 3.05) is 4.72 Å². The molecule has 3 nitrogen and oxygen atoms in total. The molecule has 2 aromatic carbocycles.